The molecule has 0 saturated carbocycles. The van der Waals surface area contributed by atoms with Gasteiger partial charge in [0.25, 0.3) is 11.8 Å². The van der Waals surface area contributed by atoms with E-state index in [-0.39, 0.29) is 11.6 Å². The van der Waals surface area contributed by atoms with Gasteiger partial charge in [-0.05, 0) is 55.5 Å². The normalized spacial score (nSPS) is 16.3. The Kier molecular flexibility index (Phi) is 6.59. The third-order valence-electron chi connectivity index (χ3n) is 4.84. The van der Waals surface area contributed by atoms with Crippen LogP contribution in [0.1, 0.15) is 47.3 Å². The molecule has 1 aliphatic rings. The van der Waals surface area contributed by atoms with Gasteiger partial charge in [0.1, 0.15) is 12.4 Å². The highest BCUT2D eigenvalue weighted by Crippen LogP contribution is 2.29. The zero-order chi connectivity index (χ0) is 20.8. The van der Waals surface area contributed by atoms with Crippen LogP contribution in [0, 0.1) is 5.82 Å². The lowest BCUT2D eigenvalue weighted by Crippen LogP contribution is -2.41. The van der Waals surface area contributed by atoms with E-state index in [1.54, 1.807) is 0 Å². The van der Waals surface area contributed by atoms with Gasteiger partial charge in [0.2, 0.25) is 0 Å². The Morgan fingerprint density at radius 3 is 2.76 bits per heavy atom. The Labute approximate surface area is 168 Å². The Hall–Kier alpha value is -3.22. The zero-order valence-corrected chi connectivity index (χ0v) is 16.1. The molecule has 152 valence electrons. The average Bonchev–Trinajstić information content (AvgIpc) is 2.72. The van der Waals surface area contributed by atoms with Crippen molar-refractivity contribution in [2.24, 2.45) is 0 Å². The second-order valence-electron chi connectivity index (χ2n) is 6.98. The summed E-state index contributed by atoms with van der Waals surface area (Å²) < 4.78 is 18.3. The molecule has 7 heteroatoms. The minimum Gasteiger partial charge on any atom is -0.451 e. The van der Waals surface area contributed by atoms with E-state index in [0.29, 0.717) is 0 Å². The van der Waals surface area contributed by atoms with Gasteiger partial charge in [-0.1, -0.05) is 30.3 Å². The molecule has 2 aromatic carbocycles. The highest BCUT2D eigenvalue weighted by Gasteiger charge is 2.25. The first-order chi connectivity index (χ1) is 13.9. The molecule has 6 nitrogen and oxygen atoms in total. The number of carbonyl (C=O) groups excluding carboxylic acids is 3. The molecule has 2 N–H and O–H groups in total. The number of amides is 2. The van der Waals surface area contributed by atoms with E-state index >= 15 is 0 Å². The van der Waals surface area contributed by atoms with Gasteiger partial charge in [0.15, 0.2) is 6.10 Å². The molecule has 2 amide bonds. The molecular formula is C22H23FN2O4. The highest BCUT2D eigenvalue weighted by molar-refractivity contribution is 5.96. The van der Waals surface area contributed by atoms with Crippen molar-refractivity contribution in [3.05, 3.63) is 71.0 Å². The van der Waals surface area contributed by atoms with E-state index in [1.807, 2.05) is 18.2 Å². The number of halogens is 1. The maximum atomic E-state index is 13.2. The van der Waals surface area contributed by atoms with Crippen molar-refractivity contribution in [3.8, 4) is 0 Å². The van der Waals surface area contributed by atoms with Gasteiger partial charge in [0.05, 0.1) is 6.04 Å². The van der Waals surface area contributed by atoms with Crippen molar-refractivity contribution < 1.29 is 23.5 Å². The Balaban J connectivity index is 1.48. The van der Waals surface area contributed by atoms with Crippen LogP contribution in [0.4, 0.5) is 4.39 Å². The third kappa shape index (κ3) is 5.40. The number of ether oxygens (including phenoxy) is 1. The number of carbonyl (C=O) groups is 3. The van der Waals surface area contributed by atoms with Crippen LogP contribution in [-0.4, -0.2) is 30.4 Å². The van der Waals surface area contributed by atoms with Gasteiger partial charge >= 0.3 is 5.97 Å². The number of aryl methyl sites for hydroxylation is 1. The van der Waals surface area contributed by atoms with Gasteiger partial charge in [-0.3, -0.25) is 14.4 Å². The zero-order valence-electron chi connectivity index (χ0n) is 16.1. The van der Waals surface area contributed by atoms with Gasteiger partial charge in [0, 0.05) is 5.56 Å². The van der Waals surface area contributed by atoms with Crippen molar-refractivity contribution in [3.63, 3.8) is 0 Å². The fraction of sp³-hybridized carbons (Fsp3) is 0.318. The quantitative estimate of drug-likeness (QED) is 0.733. The van der Waals surface area contributed by atoms with E-state index in [2.05, 4.69) is 16.7 Å². The smallest absolute Gasteiger partial charge is 0.326 e. The maximum absolute atomic E-state index is 13.2. The number of rotatable bonds is 6. The van der Waals surface area contributed by atoms with E-state index in [1.165, 1.54) is 30.7 Å². The summed E-state index contributed by atoms with van der Waals surface area (Å²) in [6.45, 7) is 1.07. The molecule has 0 saturated heterocycles. The molecule has 0 bridgehead atoms. The van der Waals surface area contributed by atoms with Crippen LogP contribution in [0.15, 0.2) is 48.5 Å². The van der Waals surface area contributed by atoms with Crippen molar-refractivity contribution in [2.75, 3.05) is 6.54 Å². The van der Waals surface area contributed by atoms with Crippen molar-refractivity contribution in [1.29, 1.82) is 0 Å². The molecule has 0 aromatic heterocycles. The summed E-state index contributed by atoms with van der Waals surface area (Å²) in [6, 6.07) is 13.0. The first kappa shape index (κ1) is 20.5. The lowest BCUT2D eigenvalue weighted by atomic mass is 9.87. The molecule has 0 heterocycles. The number of hydrogen-bond acceptors (Lipinski definition) is 4. The molecule has 0 unspecified atom stereocenters. The van der Waals surface area contributed by atoms with E-state index in [0.717, 1.165) is 30.9 Å². The number of esters is 1. The Bertz CT molecular complexity index is 915. The summed E-state index contributed by atoms with van der Waals surface area (Å²) >= 11 is 0. The number of hydrogen-bond donors (Lipinski definition) is 2. The van der Waals surface area contributed by atoms with Gasteiger partial charge in [-0.15, -0.1) is 0 Å². The van der Waals surface area contributed by atoms with Crippen molar-refractivity contribution in [2.45, 2.75) is 38.3 Å². The standard InChI is InChI=1S/C22H23FN2O4/c1-14(21(27)25-19-11-5-7-15-6-2-3-10-18(15)19)29-20(26)13-24-22(28)16-8-4-9-17(23)12-16/h2-4,6,8-10,12,14,19H,5,7,11,13H2,1H3,(H,24,28)(H,25,27)/t14-,19-/m1/s1. The van der Waals surface area contributed by atoms with Crippen LogP contribution in [0.5, 0.6) is 0 Å². The molecule has 0 spiro atoms. The predicted molar refractivity (Wildman–Crippen MR) is 105 cm³/mol. The molecule has 0 radical (unpaired) electrons. The largest absolute Gasteiger partial charge is 0.451 e. The molecule has 1 aliphatic carbocycles. The van der Waals surface area contributed by atoms with Crippen LogP contribution < -0.4 is 10.6 Å². The Morgan fingerprint density at radius 1 is 1.17 bits per heavy atom. The highest BCUT2D eigenvalue weighted by atomic mass is 19.1. The lowest BCUT2D eigenvalue weighted by molar-refractivity contribution is -0.154. The van der Waals surface area contributed by atoms with Gasteiger partial charge in [-0.25, -0.2) is 4.39 Å². The molecule has 2 atom stereocenters. The van der Waals surface area contributed by atoms with E-state index < -0.39 is 36.2 Å². The number of fused-ring (bicyclic) bond motifs is 1. The van der Waals surface area contributed by atoms with Crippen LogP contribution in [0.25, 0.3) is 0 Å². The van der Waals surface area contributed by atoms with E-state index in [9.17, 15) is 18.8 Å². The second kappa shape index (κ2) is 9.32. The summed E-state index contributed by atoms with van der Waals surface area (Å²) in [5.74, 6) is -2.29. The maximum Gasteiger partial charge on any atom is 0.326 e. The van der Waals surface area contributed by atoms with Gasteiger partial charge in [-0.2, -0.15) is 0 Å². The summed E-state index contributed by atoms with van der Waals surface area (Å²) in [4.78, 5) is 36.3. The van der Waals surface area contributed by atoms with Crippen LogP contribution >= 0.6 is 0 Å². The van der Waals surface area contributed by atoms with Crippen LogP contribution in [0.3, 0.4) is 0 Å². The predicted octanol–water partition coefficient (Wildman–Crippen LogP) is 2.68. The minimum atomic E-state index is -0.998. The van der Waals surface area contributed by atoms with Gasteiger partial charge < -0.3 is 15.4 Å². The topological polar surface area (TPSA) is 84.5 Å². The summed E-state index contributed by atoms with van der Waals surface area (Å²) in [6.07, 6.45) is 1.79. The molecule has 0 fully saturated rings. The second-order valence-corrected chi connectivity index (χ2v) is 6.98. The number of benzene rings is 2. The minimum absolute atomic E-state index is 0.0968. The molecule has 2 aromatic rings. The first-order valence-electron chi connectivity index (χ1n) is 9.55. The third-order valence-corrected chi connectivity index (χ3v) is 4.84. The van der Waals surface area contributed by atoms with Crippen LogP contribution in [0.2, 0.25) is 0 Å². The van der Waals surface area contributed by atoms with Crippen molar-refractivity contribution in [1.82, 2.24) is 10.6 Å². The number of nitrogens with one attached hydrogen (secondary N) is 2. The average molecular weight is 398 g/mol. The monoisotopic (exact) mass is 398 g/mol. The summed E-state index contributed by atoms with van der Waals surface area (Å²) in [7, 11) is 0. The van der Waals surface area contributed by atoms with Crippen LogP contribution in [-0.2, 0) is 20.7 Å². The Morgan fingerprint density at radius 2 is 1.97 bits per heavy atom. The summed E-state index contributed by atoms with van der Waals surface area (Å²) in [5.41, 5.74) is 2.40. The fourth-order valence-electron chi connectivity index (χ4n) is 3.37. The first-order valence-corrected chi connectivity index (χ1v) is 9.55. The molecule has 0 aliphatic heterocycles. The van der Waals surface area contributed by atoms with E-state index in [4.69, 9.17) is 4.74 Å². The fourth-order valence-corrected chi connectivity index (χ4v) is 3.37. The molecule has 29 heavy (non-hydrogen) atoms. The lowest BCUT2D eigenvalue weighted by Gasteiger charge is -2.27. The van der Waals surface area contributed by atoms with Crippen molar-refractivity contribution >= 4 is 17.8 Å². The summed E-state index contributed by atoms with van der Waals surface area (Å²) in [5, 5.41) is 5.28. The SMILES string of the molecule is C[C@@H](OC(=O)CNC(=O)c1cccc(F)c1)C(=O)N[C@@H]1CCCc2ccccc21. The molecular weight excluding hydrogens is 375 g/mol. The molecule has 3 rings (SSSR count).